The van der Waals surface area contributed by atoms with E-state index in [-0.39, 0.29) is 31.1 Å². The number of phenols is 2. The highest BCUT2D eigenvalue weighted by Crippen LogP contribution is 2.37. The standard InChI is InChI=1S/C17H23NO6/c1-5-23-15(21)12-8-11-10(6-7-13(19)14(11)20)9-18(12)16(22)24-17(2,3)4/h6-7,12,19-20H,5,8-9H2,1-4H3/t12-/m0/s1. The zero-order chi connectivity index (χ0) is 18.1. The van der Waals surface area contributed by atoms with Gasteiger partial charge in [0.15, 0.2) is 11.5 Å². The molecule has 1 aromatic carbocycles. The highest BCUT2D eigenvalue weighted by atomic mass is 16.6. The molecule has 1 aliphatic heterocycles. The van der Waals surface area contributed by atoms with Gasteiger partial charge in [-0.3, -0.25) is 4.90 Å². The maximum Gasteiger partial charge on any atom is 0.411 e. The highest BCUT2D eigenvalue weighted by molar-refractivity contribution is 5.83. The van der Waals surface area contributed by atoms with Gasteiger partial charge in [0.05, 0.1) is 13.2 Å². The van der Waals surface area contributed by atoms with E-state index in [1.165, 1.54) is 11.0 Å². The molecule has 0 fully saturated rings. The van der Waals surface area contributed by atoms with Crippen molar-refractivity contribution in [2.24, 2.45) is 0 Å². The van der Waals surface area contributed by atoms with Crippen LogP contribution < -0.4 is 0 Å². The molecule has 1 heterocycles. The summed E-state index contributed by atoms with van der Waals surface area (Å²) in [6.45, 7) is 7.16. The lowest BCUT2D eigenvalue weighted by atomic mass is 9.93. The summed E-state index contributed by atoms with van der Waals surface area (Å²) in [7, 11) is 0. The minimum Gasteiger partial charge on any atom is -0.504 e. The summed E-state index contributed by atoms with van der Waals surface area (Å²) in [5, 5.41) is 19.7. The fraction of sp³-hybridized carbons (Fsp3) is 0.529. The quantitative estimate of drug-likeness (QED) is 0.635. The van der Waals surface area contributed by atoms with Crippen LogP contribution in [0.4, 0.5) is 4.79 Å². The van der Waals surface area contributed by atoms with E-state index in [0.717, 1.165) is 0 Å². The molecule has 0 spiro atoms. The van der Waals surface area contributed by atoms with Crippen LogP contribution in [0.5, 0.6) is 11.5 Å². The molecule has 24 heavy (non-hydrogen) atoms. The van der Waals surface area contributed by atoms with Gasteiger partial charge in [0, 0.05) is 12.0 Å². The molecular formula is C17H23NO6. The van der Waals surface area contributed by atoms with Gasteiger partial charge < -0.3 is 19.7 Å². The summed E-state index contributed by atoms with van der Waals surface area (Å²) in [5.41, 5.74) is 0.387. The van der Waals surface area contributed by atoms with E-state index in [2.05, 4.69) is 0 Å². The van der Waals surface area contributed by atoms with Crippen molar-refractivity contribution in [1.29, 1.82) is 0 Å². The average Bonchev–Trinajstić information content (AvgIpc) is 2.48. The molecular weight excluding hydrogens is 314 g/mol. The molecule has 7 heteroatoms. The summed E-state index contributed by atoms with van der Waals surface area (Å²) >= 11 is 0. The van der Waals surface area contributed by atoms with Gasteiger partial charge in [0.25, 0.3) is 0 Å². The minimum atomic E-state index is -0.917. The van der Waals surface area contributed by atoms with Gasteiger partial charge >= 0.3 is 12.1 Å². The Hall–Kier alpha value is -2.44. The van der Waals surface area contributed by atoms with Crippen LogP contribution in [-0.2, 0) is 27.2 Å². The number of amides is 1. The van der Waals surface area contributed by atoms with Crippen LogP contribution >= 0.6 is 0 Å². The van der Waals surface area contributed by atoms with Crippen molar-refractivity contribution >= 4 is 12.1 Å². The van der Waals surface area contributed by atoms with Crippen LogP contribution in [0.1, 0.15) is 38.8 Å². The van der Waals surface area contributed by atoms with Gasteiger partial charge in [-0.15, -0.1) is 0 Å². The lowest BCUT2D eigenvalue weighted by Gasteiger charge is -2.36. The summed E-state index contributed by atoms with van der Waals surface area (Å²) in [5.74, 6) is -1.11. The van der Waals surface area contributed by atoms with Crippen LogP contribution in [0, 0.1) is 0 Å². The molecule has 7 nitrogen and oxygen atoms in total. The maximum atomic E-state index is 12.5. The topological polar surface area (TPSA) is 96.3 Å². The number of esters is 1. The SMILES string of the molecule is CCOC(=O)[C@@H]1Cc2c(ccc(O)c2O)CN1C(=O)OC(C)(C)C. The molecule has 132 valence electrons. The van der Waals surface area contributed by atoms with Crippen LogP contribution in [0.15, 0.2) is 12.1 Å². The first-order valence-electron chi connectivity index (χ1n) is 7.83. The number of nitrogens with zero attached hydrogens (tertiary/aromatic N) is 1. The normalized spacial score (nSPS) is 17.2. The number of fused-ring (bicyclic) bond motifs is 1. The van der Waals surface area contributed by atoms with E-state index in [0.29, 0.717) is 11.1 Å². The molecule has 0 saturated carbocycles. The molecule has 0 unspecified atom stereocenters. The van der Waals surface area contributed by atoms with Crippen molar-refractivity contribution in [2.45, 2.75) is 52.3 Å². The molecule has 1 aliphatic rings. The molecule has 2 rings (SSSR count). The molecule has 0 aliphatic carbocycles. The van der Waals surface area contributed by atoms with Gasteiger partial charge in [-0.05, 0) is 39.3 Å². The fourth-order valence-corrected chi connectivity index (χ4v) is 2.60. The van der Waals surface area contributed by atoms with Crippen molar-refractivity contribution in [3.05, 3.63) is 23.3 Å². The third kappa shape index (κ3) is 3.72. The fourth-order valence-electron chi connectivity index (χ4n) is 2.60. The van der Waals surface area contributed by atoms with Gasteiger partial charge in [0.1, 0.15) is 11.6 Å². The lowest BCUT2D eigenvalue weighted by Crippen LogP contribution is -2.50. The van der Waals surface area contributed by atoms with Gasteiger partial charge in [-0.25, -0.2) is 9.59 Å². The van der Waals surface area contributed by atoms with Crippen molar-refractivity contribution in [1.82, 2.24) is 4.90 Å². The zero-order valence-electron chi connectivity index (χ0n) is 14.3. The highest BCUT2D eigenvalue weighted by Gasteiger charge is 2.39. The van der Waals surface area contributed by atoms with Crippen LogP contribution in [0.3, 0.4) is 0 Å². The van der Waals surface area contributed by atoms with E-state index < -0.39 is 23.7 Å². The molecule has 0 saturated heterocycles. The Balaban J connectivity index is 2.38. The van der Waals surface area contributed by atoms with Crippen molar-refractivity contribution in [3.63, 3.8) is 0 Å². The molecule has 1 atom stereocenters. The Bertz CT molecular complexity index is 649. The predicted molar refractivity (Wildman–Crippen MR) is 85.7 cm³/mol. The monoisotopic (exact) mass is 337 g/mol. The second kappa shape index (κ2) is 6.59. The molecule has 0 radical (unpaired) electrons. The van der Waals surface area contributed by atoms with Crippen LogP contribution in [0.2, 0.25) is 0 Å². The van der Waals surface area contributed by atoms with Gasteiger partial charge in [-0.2, -0.15) is 0 Å². The minimum absolute atomic E-state index is 0.0492. The average molecular weight is 337 g/mol. The zero-order valence-corrected chi connectivity index (χ0v) is 14.3. The van der Waals surface area contributed by atoms with Crippen molar-refractivity contribution in [2.75, 3.05) is 6.61 Å². The number of carbonyl (C=O) groups excluding carboxylic acids is 2. The smallest absolute Gasteiger partial charge is 0.411 e. The first-order chi connectivity index (χ1) is 11.1. The van der Waals surface area contributed by atoms with Crippen LogP contribution in [-0.4, -0.2) is 45.4 Å². The molecule has 0 aromatic heterocycles. The Morgan fingerprint density at radius 2 is 1.96 bits per heavy atom. The van der Waals surface area contributed by atoms with E-state index in [1.807, 2.05) is 0 Å². The first kappa shape index (κ1) is 17.9. The number of ether oxygens (including phenoxy) is 2. The Kier molecular flexibility index (Phi) is 4.91. The maximum absolute atomic E-state index is 12.5. The predicted octanol–water partition coefficient (Wildman–Crippen LogP) is 2.32. The van der Waals surface area contributed by atoms with Gasteiger partial charge in [0.2, 0.25) is 0 Å². The number of aromatic hydroxyl groups is 2. The first-order valence-corrected chi connectivity index (χ1v) is 7.83. The lowest BCUT2D eigenvalue weighted by molar-refractivity contribution is -0.150. The summed E-state index contributed by atoms with van der Waals surface area (Å²) < 4.78 is 10.4. The third-order valence-corrected chi connectivity index (χ3v) is 3.66. The Morgan fingerprint density at radius 3 is 2.54 bits per heavy atom. The Labute approximate surface area is 140 Å². The number of hydrogen-bond acceptors (Lipinski definition) is 6. The van der Waals surface area contributed by atoms with E-state index in [9.17, 15) is 19.8 Å². The van der Waals surface area contributed by atoms with Gasteiger partial charge in [-0.1, -0.05) is 6.07 Å². The summed E-state index contributed by atoms with van der Waals surface area (Å²) in [6, 6.07) is 2.05. The van der Waals surface area contributed by atoms with Crippen molar-refractivity contribution in [3.8, 4) is 11.5 Å². The van der Waals surface area contributed by atoms with Crippen LogP contribution in [0.25, 0.3) is 0 Å². The Morgan fingerprint density at radius 1 is 1.29 bits per heavy atom. The largest absolute Gasteiger partial charge is 0.504 e. The number of benzene rings is 1. The molecule has 2 N–H and O–H groups in total. The number of rotatable bonds is 2. The summed E-state index contributed by atoms with van der Waals surface area (Å²) in [4.78, 5) is 26.0. The van der Waals surface area contributed by atoms with Crippen molar-refractivity contribution < 1.29 is 29.3 Å². The number of phenolic OH excluding ortho intramolecular Hbond substituents is 2. The molecule has 1 aromatic rings. The van der Waals surface area contributed by atoms with E-state index in [1.54, 1.807) is 33.8 Å². The number of carbonyl (C=O) groups is 2. The third-order valence-electron chi connectivity index (χ3n) is 3.66. The number of hydrogen-bond donors (Lipinski definition) is 2. The summed E-state index contributed by atoms with van der Waals surface area (Å²) in [6.07, 6.45) is -0.577. The second-order valence-corrected chi connectivity index (χ2v) is 6.65. The molecule has 1 amide bonds. The molecule has 0 bridgehead atoms. The van der Waals surface area contributed by atoms with E-state index >= 15 is 0 Å². The second-order valence-electron chi connectivity index (χ2n) is 6.65. The van der Waals surface area contributed by atoms with E-state index in [4.69, 9.17) is 9.47 Å².